The lowest BCUT2D eigenvalue weighted by molar-refractivity contribution is -0.122. The predicted molar refractivity (Wildman–Crippen MR) is 102 cm³/mol. The number of phenolic OH excluding ortho intramolecular Hbond substituents is 1. The fourth-order valence-corrected chi connectivity index (χ4v) is 2.27. The number of esters is 1. The molecule has 0 aliphatic heterocycles. The highest BCUT2D eigenvalue weighted by Gasteiger charge is 2.17. The van der Waals surface area contributed by atoms with E-state index in [0.29, 0.717) is 11.7 Å². The molecule has 0 radical (unpaired) electrons. The fraction of sp³-hybridized carbons (Fsp3) is 0.333. The van der Waals surface area contributed by atoms with Crippen LogP contribution < -0.4 is 0 Å². The van der Waals surface area contributed by atoms with Gasteiger partial charge in [0.2, 0.25) is 0 Å². The van der Waals surface area contributed by atoms with Gasteiger partial charge in [-0.1, -0.05) is 36.4 Å². The summed E-state index contributed by atoms with van der Waals surface area (Å²) in [7, 11) is 1.31. The summed E-state index contributed by atoms with van der Waals surface area (Å²) in [4.78, 5) is 19.4. The number of phenols is 1. The van der Waals surface area contributed by atoms with Gasteiger partial charge in [-0.25, -0.2) is 4.79 Å². The number of benzene rings is 2. The van der Waals surface area contributed by atoms with E-state index in [1.54, 1.807) is 13.0 Å². The van der Waals surface area contributed by atoms with Crippen molar-refractivity contribution in [2.45, 2.75) is 38.9 Å². The predicted octanol–water partition coefficient (Wildman–Crippen LogP) is 3.94. The van der Waals surface area contributed by atoms with Crippen LogP contribution in [0.15, 0.2) is 48.5 Å². The largest absolute Gasteiger partial charge is 0.508 e. The molecule has 1 aliphatic rings. The van der Waals surface area contributed by atoms with Gasteiger partial charge in [0.1, 0.15) is 5.75 Å². The Morgan fingerprint density at radius 1 is 1.19 bits per heavy atom. The molecule has 27 heavy (non-hydrogen) atoms. The molecule has 2 aromatic carbocycles. The second-order valence-corrected chi connectivity index (χ2v) is 5.95. The molecular formula is C21H26O6. The van der Waals surface area contributed by atoms with Gasteiger partial charge in [-0.3, -0.25) is 4.79 Å². The Hall–Kier alpha value is -2.86. The summed E-state index contributed by atoms with van der Waals surface area (Å²) < 4.78 is 10.2. The second-order valence-electron chi connectivity index (χ2n) is 5.95. The van der Waals surface area contributed by atoms with E-state index in [4.69, 9.17) is 19.7 Å². The molecule has 1 aliphatic carbocycles. The van der Waals surface area contributed by atoms with Gasteiger partial charge < -0.3 is 19.7 Å². The number of hydrogen-bond acceptors (Lipinski definition) is 5. The molecule has 0 bridgehead atoms. The minimum absolute atomic E-state index is 0.0704. The SMILES string of the molecule is COC(=O)c1cc(O)ccc1C.O=CO.c1ccc(COC2CCC2)cc1. The Kier molecular flexibility index (Phi) is 10.3. The summed E-state index contributed by atoms with van der Waals surface area (Å²) in [6, 6.07) is 15.0. The van der Waals surface area contributed by atoms with E-state index < -0.39 is 5.97 Å². The Bertz CT molecular complexity index is 695. The van der Waals surface area contributed by atoms with Crippen molar-refractivity contribution in [3.05, 3.63) is 65.2 Å². The number of hydrogen-bond donors (Lipinski definition) is 2. The minimum atomic E-state index is -0.427. The van der Waals surface area contributed by atoms with Gasteiger partial charge in [-0.05, 0) is 49.4 Å². The molecule has 1 saturated carbocycles. The smallest absolute Gasteiger partial charge is 0.338 e. The zero-order valence-electron chi connectivity index (χ0n) is 15.6. The van der Waals surface area contributed by atoms with Gasteiger partial charge in [0.05, 0.1) is 25.4 Å². The number of carboxylic acid groups (broad SMARTS) is 1. The third-order valence-corrected chi connectivity index (χ3v) is 4.01. The van der Waals surface area contributed by atoms with Crippen molar-refractivity contribution in [3.8, 4) is 5.75 Å². The van der Waals surface area contributed by atoms with Gasteiger partial charge in [-0.15, -0.1) is 0 Å². The molecule has 0 aromatic heterocycles. The third-order valence-electron chi connectivity index (χ3n) is 4.01. The number of ether oxygens (including phenoxy) is 2. The van der Waals surface area contributed by atoms with Crippen LogP contribution in [-0.2, 0) is 20.9 Å². The molecule has 0 heterocycles. The average molecular weight is 374 g/mol. The number of carbonyl (C=O) groups excluding carboxylic acids is 1. The lowest BCUT2D eigenvalue weighted by Gasteiger charge is -2.25. The summed E-state index contributed by atoms with van der Waals surface area (Å²) in [6.07, 6.45) is 4.41. The van der Waals surface area contributed by atoms with Gasteiger partial charge in [-0.2, -0.15) is 0 Å². The molecule has 3 rings (SSSR count). The van der Waals surface area contributed by atoms with Crippen LogP contribution in [0.4, 0.5) is 0 Å². The maximum absolute atomic E-state index is 11.1. The average Bonchev–Trinajstić information content (AvgIpc) is 2.64. The highest BCUT2D eigenvalue weighted by atomic mass is 16.5. The number of aryl methyl sites for hydroxylation is 1. The lowest BCUT2D eigenvalue weighted by Crippen LogP contribution is -2.21. The quantitative estimate of drug-likeness (QED) is 0.622. The van der Waals surface area contributed by atoms with Crippen molar-refractivity contribution in [1.82, 2.24) is 0 Å². The van der Waals surface area contributed by atoms with Crippen molar-refractivity contribution in [2.24, 2.45) is 0 Å². The van der Waals surface area contributed by atoms with Crippen LogP contribution in [-0.4, -0.2) is 35.9 Å². The van der Waals surface area contributed by atoms with Crippen LogP contribution in [0.3, 0.4) is 0 Å². The van der Waals surface area contributed by atoms with Crippen molar-refractivity contribution >= 4 is 12.4 Å². The van der Waals surface area contributed by atoms with Crippen LogP contribution in [0.5, 0.6) is 5.75 Å². The van der Waals surface area contributed by atoms with Crippen molar-refractivity contribution in [2.75, 3.05) is 7.11 Å². The molecule has 0 atom stereocenters. The van der Waals surface area contributed by atoms with Crippen molar-refractivity contribution in [3.63, 3.8) is 0 Å². The topological polar surface area (TPSA) is 93.1 Å². The first kappa shape index (κ1) is 22.2. The summed E-state index contributed by atoms with van der Waals surface area (Å²) in [5.74, 6) is -0.357. The zero-order chi connectivity index (χ0) is 20.1. The lowest BCUT2D eigenvalue weighted by atomic mass is 9.96. The first-order chi connectivity index (χ1) is 13.0. The number of rotatable bonds is 4. The molecule has 146 valence electrons. The van der Waals surface area contributed by atoms with E-state index in [-0.39, 0.29) is 12.2 Å². The van der Waals surface area contributed by atoms with Crippen molar-refractivity contribution < 1.29 is 29.3 Å². The molecule has 0 spiro atoms. The van der Waals surface area contributed by atoms with Crippen LogP contribution in [0.2, 0.25) is 0 Å². The Morgan fingerprint density at radius 3 is 2.33 bits per heavy atom. The standard InChI is InChI=1S/C11H14O.C9H10O3.CH2O2/c1-2-5-10(6-3-1)9-12-11-7-4-8-11;1-6-3-4-7(10)5-8(6)9(11)12-2;2-1-3/h1-3,5-6,11H,4,7-9H2;3-5,10H,1-2H3;1H,(H,2,3). The fourth-order valence-electron chi connectivity index (χ4n) is 2.27. The van der Waals surface area contributed by atoms with Gasteiger partial charge >= 0.3 is 5.97 Å². The molecule has 1 fully saturated rings. The maximum atomic E-state index is 11.1. The van der Waals surface area contributed by atoms with E-state index in [2.05, 4.69) is 29.0 Å². The third kappa shape index (κ3) is 8.37. The highest BCUT2D eigenvalue weighted by Crippen LogP contribution is 2.22. The monoisotopic (exact) mass is 374 g/mol. The summed E-state index contributed by atoms with van der Waals surface area (Å²) >= 11 is 0. The number of carbonyl (C=O) groups is 2. The molecule has 0 saturated heterocycles. The van der Waals surface area contributed by atoms with E-state index >= 15 is 0 Å². The number of aromatic hydroxyl groups is 1. The van der Waals surface area contributed by atoms with Crippen molar-refractivity contribution in [1.29, 1.82) is 0 Å². The van der Waals surface area contributed by atoms with Gasteiger partial charge in [0.25, 0.3) is 6.47 Å². The summed E-state index contributed by atoms with van der Waals surface area (Å²) in [5.41, 5.74) is 2.47. The first-order valence-corrected chi connectivity index (χ1v) is 8.63. The minimum Gasteiger partial charge on any atom is -0.508 e. The zero-order valence-corrected chi connectivity index (χ0v) is 15.6. The number of methoxy groups -OCH3 is 1. The van der Waals surface area contributed by atoms with E-state index in [9.17, 15) is 4.79 Å². The molecule has 2 aromatic rings. The van der Waals surface area contributed by atoms with Crippen LogP contribution in [0.25, 0.3) is 0 Å². The van der Waals surface area contributed by atoms with Gasteiger partial charge in [0.15, 0.2) is 0 Å². The molecular weight excluding hydrogens is 348 g/mol. The molecule has 6 heteroatoms. The molecule has 6 nitrogen and oxygen atoms in total. The second kappa shape index (κ2) is 12.5. The Labute approximate surface area is 159 Å². The summed E-state index contributed by atoms with van der Waals surface area (Å²) in [6.45, 7) is 2.32. The van der Waals surface area contributed by atoms with E-state index in [0.717, 1.165) is 12.2 Å². The Morgan fingerprint density at radius 2 is 1.81 bits per heavy atom. The first-order valence-electron chi connectivity index (χ1n) is 8.63. The Balaban J connectivity index is 0.000000236. The van der Waals surface area contributed by atoms with E-state index in [1.165, 1.54) is 44.1 Å². The summed E-state index contributed by atoms with van der Waals surface area (Å²) in [5, 5.41) is 16.0. The molecule has 0 unspecified atom stereocenters. The molecule has 0 amide bonds. The highest BCUT2D eigenvalue weighted by molar-refractivity contribution is 5.91. The normalized spacial score (nSPS) is 12.4. The van der Waals surface area contributed by atoms with Crippen LogP contribution in [0, 0.1) is 6.92 Å². The maximum Gasteiger partial charge on any atom is 0.338 e. The van der Waals surface area contributed by atoms with E-state index in [1.807, 2.05) is 6.07 Å². The van der Waals surface area contributed by atoms with Crippen LogP contribution >= 0.6 is 0 Å². The van der Waals surface area contributed by atoms with Gasteiger partial charge in [0, 0.05) is 0 Å². The molecule has 2 N–H and O–H groups in total. The van der Waals surface area contributed by atoms with Crippen LogP contribution in [0.1, 0.15) is 40.7 Å².